The molecule has 4 rings (SSSR count). The van der Waals surface area contributed by atoms with Crippen LogP contribution in [0.3, 0.4) is 0 Å². The fourth-order valence-corrected chi connectivity index (χ4v) is 4.38. The Balaban J connectivity index is 0.000000317. The molecule has 0 aliphatic carbocycles. The van der Waals surface area contributed by atoms with Crippen molar-refractivity contribution in [2.24, 2.45) is 5.92 Å². The minimum atomic E-state index is -5.08. The van der Waals surface area contributed by atoms with Crippen LogP contribution in [0.2, 0.25) is 0 Å². The van der Waals surface area contributed by atoms with E-state index in [1.165, 1.54) is 19.4 Å². The zero-order chi connectivity index (χ0) is 29.1. The average molecular weight is 575 g/mol. The van der Waals surface area contributed by atoms with Gasteiger partial charge in [-0.25, -0.2) is 9.59 Å². The number of likely N-dealkylation sites (tertiary alicyclic amines) is 1. The van der Waals surface area contributed by atoms with Gasteiger partial charge in [0.1, 0.15) is 0 Å². The van der Waals surface area contributed by atoms with Gasteiger partial charge < -0.3 is 29.3 Å². The molecule has 0 amide bonds. The highest BCUT2D eigenvalue weighted by molar-refractivity contribution is 5.73. The van der Waals surface area contributed by atoms with Crippen molar-refractivity contribution in [3.05, 3.63) is 30.1 Å². The van der Waals surface area contributed by atoms with E-state index in [9.17, 15) is 26.3 Å². The number of nitrogens with zero attached hydrogens (tertiary/aromatic N) is 2. The van der Waals surface area contributed by atoms with Crippen LogP contribution in [0.1, 0.15) is 37.8 Å². The predicted molar refractivity (Wildman–Crippen MR) is 123 cm³/mol. The van der Waals surface area contributed by atoms with E-state index >= 15 is 0 Å². The number of halogens is 6. The first-order valence-corrected chi connectivity index (χ1v) is 12.3. The first-order chi connectivity index (χ1) is 18.2. The molecule has 1 unspecified atom stereocenters. The van der Waals surface area contributed by atoms with Crippen molar-refractivity contribution < 1.29 is 60.4 Å². The van der Waals surface area contributed by atoms with Crippen LogP contribution in [0.15, 0.2) is 24.4 Å². The number of aliphatic carboxylic acids is 2. The van der Waals surface area contributed by atoms with Crippen molar-refractivity contribution in [3.63, 3.8) is 0 Å². The minimum Gasteiger partial charge on any atom is -0.475 e. The van der Waals surface area contributed by atoms with Gasteiger partial charge in [0.05, 0.1) is 30.6 Å². The second kappa shape index (κ2) is 14.8. The number of pyridine rings is 1. The first kappa shape index (κ1) is 32.7. The number of carboxylic acid groups (broad SMARTS) is 2. The standard InChI is InChI=1S/C20H30N2O3.2C2HF3O2/c1-2-8-21-18(3-1)15-24-19-13-20(25-16-19)6-9-22(10-7-20)14-17-4-11-23-12-5-17;2*3-2(4,5)1(6)7/h1-3,8,17,19H,4-7,9-16H2;2*(H,6,7). The molecule has 3 aliphatic rings. The topological polar surface area (TPSA) is 118 Å². The normalized spacial score (nSPS) is 21.8. The third kappa shape index (κ3) is 12.1. The van der Waals surface area contributed by atoms with E-state index in [2.05, 4.69) is 9.88 Å². The molecule has 222 valence electrons. The molecule has 9 nitrogen and oxygen atoms in total. The van der Waals surface area contributed by atoms with Crippen molar-refractivity contribution in [3.8, 4) is 0 Å². The third-order valence-electron chi connectivity index (χ3n) is 6.48. The number of piperidine rings is 1. The van der Waals surface area contributed by atoms with Gasteiger partial charge in [0.2, 0.25) is 0 Å². The number of carbonyl (C=O) groups is 2. The Labute approximate surface area is 221 Å². The van der Waals surface area contributed by atoms with Gasteiger partial charge >= 0.3 is 24.3 Å². The van der Waals surface area contributed by atoms with E-state index in [-0.39, 0.29) is 11.7 Å². The van der Waals surface area contributed by atoms with Gasteiger partial charge in [0.25, 0.3) is 0 Å². The molecule has 3 fully saturated rings. The van der Waals surface area contributed by atoms with Crippen LogP contribution in [0.5, 0.6) is 0 Å². The summed E-state index contributed by atoms with van der Waals surface area (Å²) in [6, 6.07) is 5.96. The van der Waals surface area contributed by atoms with Crippen LogP contribution in [-0.4, -0.2) is 95.5 Å². The van der Waals surface area contributed by atoms with Gasteiger partial charge in [0, 0.05) is 45.5 Å². The van der Waals surface area contributed by atoms with Gasteiger partial charge in [-0.15, -0.1) is 0 Å². The smallest absolute Gasteiger partial charge is 0.475 e. The Hall–Kier alpha value is -2.49. The zero-order valence-electron chi connectivity index (χ0n) is 21.0. The van der Waals surface area contributed by atoms with E-state index in [1.54, 1.807) is 0 Å². The van der Waals surface area contributed by atoms with Crippen LogP contribution in [0.25, 0.3) is 0 Å². The van der Waals surface area contributed by atoms with Crippen molar-refractivity contribution in [1.82, 2.24) is 9.88 Å². The van der Waals surface area contributed by atoms with Crippen LogP contribution >= 0.6 is 0 Å². The molecule has 2 N–H and O–H groups in total. The Morgan fingerprint density at radius 1 is 1.03 bits per heavy atom. The molecule has 39 heavy (non-hydrogen) atoms. The molecule has 15 heteroatoms. The molecular formula is C24H32F6N2O7. The lowest BCUT2D eigenvalue weighted by Crippen LogP contribution is -2.46. The van der Waals surface area contributed by atoms with Gasteiger partial charge in [-0.05, 0) is 43.7 Å². The lowest BCUT2D eigenvalue weighted by atomic mass is 9.87. The van der Waals surface area contributed by atoms with E-state index in [0.29, 0.717) is 6.61 Å². The van der Waals surface area contributed by atoms with E-state index in [4.69, 9.17) is 34.0 Å². The third-order valence-corrected chi connectivity index (χ3v) is 6.48. The molecule has 0 bridgehead atoms. The Kier molecular flexibility index (Phi) is 12.4. The van der Waals surface area contributed by atoms with Crippen molar-refractivity contribution >= 4 is 11.9 Å². The Morgan fingerprint density at radius 3 is 2.08 bits per heavy atom. The molecule has 0 radical (unpaired) electrons. The highest BCUT2D eigenvalue weighted by Gasteiger charge is 2.43. The maximum absolute atomic E-state index is 10.6. The predicted octanol–water partition coefficient (Wildman–Crippen LogP) is 3.91. The fraction of sp³-hybridized carbons (Fsp3) is 0.708. The molecule has 1 spiro atoms. The molecule has 0 aromatic carbocycles. The van der Waals surface area contributed by atoms with E-state index in [1.807, 2.05) is 24.4 Å². The maximum atomic E-state index is 10.6. The summed E-state index contributed by atoms with van der Waals surface area (Å²) in [6.45, 7) is 6.75. The van der Waals surface area contributed by atoms with Crippen LogP contribution in [0, 0.1) is 5.92 Å². The second-order valence-electron chi connectivity index (χ2n) is 9.41. The van der Waals surface area contributed by atoms with Crippen LogP contribution in [0.4, 0.5) is 26.3 Å². The van der Waals surface area contributed by atoms with Crippen LogP contribution in [-0.2, 0) is 30.4 Å². The summed E-state index contributed by atoms with van der Waals surface area (Å²) in [6.07, 6.45) is -2.38. The Morgan fingerprint density at radius 2 is 1.59 bits per heavy atom. The largest absolute Gasteiger partial charge is 0.490 e. The van der Waals surface area contributed by atoms with Gasteiger partial charge in [-0.3, -0.25) is 4.98 Å². The molecule has 1 aromatic rings. The summed E-state index contributed by atoms with van der Waals surface area (Å²) < 4.78 is 81.2. The molecule has 4 heterocycles. The monoisotopic (exact) mass is 574 g/mol. The zero-order valence-corrected chi connectivity index (χ0v) is 21.0. The molecule has 3 aliphatic heterocycles. The van der Waals surface area contributed by atoms with Crippen molar-refractivity contribution in [2.75, 3.05) is 39.5 Å². The number of ether oxygens (including phenoxy) is 3. The molecule has 1 atom stereocenters. The number of hydrogen-bond donors (Lipinski definition) is 2. The molecule has 0 saturated carbocycles. The summed E-state index contributed by atoms with van der Waals surface area (Å²) in [5.41, 5.74) is 1.05. The number of aromatic nitrogens is 1. The summed E-state index contributed by atoms with van der Waals surface area (Å²) in [5, 5.41) is 14.2. The average Bonchev–Trinajstić information content (AvgIpc) is 3.28. The number of alkyl halides is 6. The number of carboxylic acids is 2. The lowest BCUT2D eigenvalue weighted by Gasteiger charge is -2.40. The SMILES string of the molecule is O=C(O)C(F)(F)F.O=C(O)C(F)(F)F.c1ccc(COC2COC3(CCN(CC4CCOCC4)CC3)C2)nc1. The maximum Gasteiger partial charge on any atom is 0.490 e. The van der Waals surface area contributed by atoms with Crippen molar-refractivity contribution in [1.29, 1.82) is 0 Å². The lowest BCUT2D eigenvalue weighted by molar-refractivity contribution is -0.193. The fourth-order valence-electron chi connectivity index (χ4n) is 4.38. The number of rotatable bonds is 5. The molecule has 3 saturated heterocycles. The Bertz CT molecular complexity index is 863. The molecule has 1 aromatic heterocycles. The highest BCUT2D eigenvalue weighted by Crippen LogP contribution is 2.37. The van der Waals surface area contributed by atoms with Crippen LogP contribution < -0.4 is 0 Å². The number of hydrogen-bond acceptors (Lipinski definition) is 7. The van der Waals surface area contributed by atoms with E-state index < -0.39 is 24.3 Å². The van der Waals surface area contributed by atoms with Crippen molar-refractivity contribution in [2.45, 2.75) is 62.8 Å². The highest BCUT2D eigenvalue weighted by atomic mass is 19.4. The van der Waals surface area contributed by atoms with Gasteiger partial charge in [-0.1, -0.05) is 6.07 Å². The summed E-state index contributed by atoms with van der Waals surface area (Å²) in [4.78, 5) is 24.8. The van der Waals surface area contributed by atoms with E-state index in [0.717, 1.165) is 63.8 Å². The molecular weight excluding hydrogens is 542 g/mol. The summed E-state index contributed by atoms with van der Waals surface area (Å²) in [5.74, 6) is -4.69. The van der Waals surface area contributed by atoms with Gasteiger partial charge in [-0.2, -0.15) is 26.3 Å². The summed E-state index contributed by atoms with van der Waals surface area (Å²) in [7, 11) is 0. The quantitative estimate of drug-likeness (QED) is 0.505. The summed E-state index contributed by atoms with van der Waals surface area (Å²) >= 11 is 0. The minimum absolute atomic E-state index is 0.0565. The first-order valence-electron chi connectivity index (χ1n) is 12.3. The van der Waals surface area contributed by atoms with Gasteiger partial charge in [0.15, 0.2) is 0 Å². The second-order valence-corrected chi connectivity index (χ2v) is 9.41.